The molecule has 1 aliphatic heterocycles. The minimum absolute atomic E-state index is 0.221. The van der Waals surface area contributed by atoms with Gasteiger partial charge in [-0.15, -0.1) is 0 Å². The molecular formula is C24H22F2N6OS. The molecule has 10 heteroatoms. The fourth-order valence-corrected chi connectivity index (χ4v) is 4.97. The monoisotopic (exact) mass is 480 g/mol. The van der Waals surface area contributed by atoms with E-state index in [1.165, 1.54) is 23.5 Å². The number of ether oxygens (including phenoxy) is 1. The number of fused-ring (bicyclic) bond motifs is 1. The smallest absolute Gasteiger partial charge is 0.187 e. The van der Waals surface area contributed by atoms with Crippen LogP contribution in [0.1, 0.15) is 42.8 Å². The molecule has 7 nitrogen and oxygen atoms in total. The quantitative estimate of drug-likeness (QED) is 0.392. The van der Waals surface area contributed by atoms with E-state index in [1.54, 1.807) is 0 Å². The van der Waals surface area contributed by atoms with Gasteiger partial charge in [-0.3, -0.25) is 4.68 Å². The second-order valence-corrected chi connectivity index (χ2v) is 9.76. The van der Waals surface area contributed by atoms with Crippen LogP contribution in [0.2, 0.25) is 0 Å². The summed E-state index contributed by atoms with van der Waals surface area (Å²) in [6, 6.07) is 4.02. The number of rotatable bonds is 5. The van der Waals surface area contributed by atoms with Crippen LogP contribution in [-0.2, 0) is 4.74 Å². The van der Waals surface area contributed by atoms with Gasteiger partial charge in [0.15, 0.2) is 16.6 Å². The summed E-state index contributed by atoms with van der Waals surface area (Å²) in [5.41, 5.74) is 3.01. The fourth-order valence-electron chi connectivity index (χ4n) is 4.04. The predicted octanol–water partition coefficient (Wildman–Crippen LogP) is 5.17. The molecule has 0 saturated heterocycles. The number of hydrogen-bond acceptors (Lipinski definition) is 7. The lowest BCUT2D eigenvalue weighted by Crippen LogP contribution is -2.11. The van der Waals surface area contributed by atoms with Crippen molar-refractivity contribution in [2.45, 2.75) is 31.4 Å². The number of nitrogens with zero attached hydrogens (tertiary/aromatic N) is 6. The molecule has 2 aliphatic rings. The molecule has 6 rings (SSSR count). The van der Waals surface area contributed by atoms with E-state index in [9.17, 15) is 8.78 Å². The molecule has 0 unspecified atom stereocenters. The summed E-state index contributed by atoms with van der Waals surface area (Å²) < 4.78 is 37.0. The average Bonchev–Trinajstić information content (AvgIpc) is 3.38. The average molecular weight is 481 g/mol. The molecule has 0 bridgehead atoms. The molecule has 0 amide bonds. The van der Waals surface area contributed by atoms with Crippen LogP contribution in [0.4, 0.5) is 13.9 Å². The second kappa shape index (κ2) is 8.21. The Kier molecular flexibility index (Phi) is 5.14. The molecule has 1 fully saturated rings. The van der Waals surface area contributed by atoms with Crippen molar-refractivity contribution in [2.24, 2.45) is 0 Å². The van der Waals surface area contributed by atoms with Gasteiger partial charge in [0, 0.05) is 37.5 Å². The van der Waals surface area contributed by atoms with Crippen molar-refractivity contribution in [3.05, 3.63) is 59.7 Å². The van der Waals surface area contributed by atoms with Crippen LogP contribution >= 0.6 is 11.3 Å². The van der Waals surface area contributed by atoms with Crippen molar-refractivity contribution in [1.29, 1.82) is 0 Å². The molecule has 3 aromatic heterocycles. The third-order valence-corrected chi connectivity index (χ3v) is 7.21. The number of thiazole rings is 1. The van der Waals surface area contributed by atoms with Gasteiger partial charge < -0.3 is 9.64 Å². The van der Waals surface area contributed by atoms with E-state index in [2.05, 4.69) is 10.1 Å². The zero-order chi connectivity index (χ0) is 23.4. The topological polar surface area (TPSA) is 69.0 Å². The Morgan fingerprint density at radius 3 is 2.76 bits per heavy atom. The Balaban J connectivity index is 1.46. The Hall–Kier alpha value is -3.24. The van der Waals surface area contributed by atoms with Gasteiger partial charge in [0.05, 0.1) is 24.5 Å². The van der Waals surface area contributed by atoms with Crippen LogP contribution in [-0.4, -0.2) is 45.4 Å². The number of hydrogen-bond donors (Lipinski definition) is 0. The molecule has 0 radical (unpaired) electrons. The first-order valence-electron chi connectivity index (χ1n) is 11.1. The maximum atomic E-state index is 14.8. The minimum Gasteiger partial charge on any atom is -0.369 e. The maximum Gasteiger partial charge on any atom is 0.187 e. The maximum absolute atomic E-state index is 14.8. The van der Waals surface area contributed by atoms with Crippen molar-refractivity contribution in [1.82, 2.24) is 24.7 Å². The van der Waals surface area contributed by atoms with Gasteiger partial charge in [0.25, 0.3) is 0 Å². The summed E-state index contributed by atoms with van der Waals surface area (Å²) in [5, 5.41) is 5.21. The lowest BCUT2D eigenvalue weighted by atomic mass is 10.0. The Morgan fingerprint density at radius 2 is 2.00 bits per heavy atom. The summed E-state index contributed by atoms with van der Waals surface area (Å²) in [5.74, 6) is -0.825. The van der Waals surface area contributed by atoms with Crippen LogP contribution in [0, 0.1) is 11.6 Å². The van der Waals surface area contributed by atoms with Gasteiger partial charge in [-0.2, -0.15) is 10.1 Å². The van der Waals surface area contributed by atoms with Crippen molar-refractivity contribution in [3.63, 3.8) is 0 Å². The molecular weight excluding hydrogens is 458 g/mol. The highest BCUT2D eigenvalue weighted by atomic mass is 32.1. The predicted molar refractivity (Wildman–Crippen MR) is 127 cm³/mol. The third kappa shape index (κ3) is 3.86. The Bertz CT molecular complexity index is 1420. The number of anilines is 1. The molecule has 4 heterocycles. The fraction of sp³-hybridized carbons (Fsp3) is 0.333. The van der Waals surface area contributed by atoms with Crippen molar-refractivity contribution >= 4 is 32.4 Å². The summed E-state index contributed by atoms with van der Waals surface area (Å²) >= 11 is 1.38. The highest BCUT2D eigenvalue weighted by molar-refractivity contribution is 7.22. The highest BCUT2D eigenvalue weighted by Crippen LogP contribution is 2.39. The van der Waals surface area contributed by atoms with Crippen LogP contribution in [0.15, 0.2) is 36.7 Å². The van der Waals surface area contributed by atoms with Gasteiger partial charge in [0.2, 0.25) is 0 Å². The molecule has 34 heavy (non-hydrogen) atoms. The number of aromatic nitrogens is 5. The molecule has 1 aromatic carbocycles. The second-order valence-electron chi connectivity index (χ2n) is 8.78. The third-order valence-electron chi connectivity index (χ3n) is 5.99. The zero-order valence-electron chi connectivity index (χ0n) is 18.7. The van der Waals surface area contributed by atoms with Gasteiger partial charge in [-0.05, 0) is 43.0 Å². The normalized spacial score (nSPS) is 18.4. The summed E-state index contributed by atoms with van der Waals surface area (Å²) in [4.78, 5) is 16.0. The van der Waals surface area contributed by atoms with E-state index < -0.39 is 11.6 Å². The minimum atomic E-state index is -0.669. The molecule has 0 N–H and O–H groups in total. The van der Waals surface area contributed by atoms with Crippen LogP contribution < -0.4 is 4.90 Å². The molecule has 1 aliphatic carbocycles. The van der Waals surface area contributed by atoms with Gasteiger partial charge in [-0.25, -0.2) is 18.7 Å². The molecule has 1 atom stereocenters. The first-order valence-corrected chi connectivity index (χ1v) is 12.0. The van der Waals surface area contributed by atoms with Gasteiger partial charge in [-0.1, -0.05) is 11.3 Å². The first-order chi connectivity index (χ1) is 16.5. The molecule has 1 saturated carbocycles. The van der Waals surface area contributed by atoms with Gasteiger partial charge in [0.1, 0.15) is 22.4 Å². The summed E-state index contributed by atoms with van der Waals surface area (Å²) in [6.45, 7) is 0.507. The molecule has 174 valence electrons. The Labute approximate surface area is 198 Å². The van der Waals surface area contributed by atoms with Crippen molar-refractivity contribution in [3.8, 4) is 11.3 Å². The van der Waals surface area contributed by atoms with Crippen LogP contribution in [0.3, 0.4) is 0 Å². The van der Waals surface area contributed by atoms with E-state index in [-0.39, 0.29) is 11.7 Å². The van der Waals surface area contributed by atoms with Crippen molar-refractivity contribution < 1.29 is 13.5 Å². The van der Waals surface area contributed by atoms with E-state index in [1.807, 2.05) is 42.1 Å². The zero-order valence-corrected chi connectivity index (χ0v) is 19.5. The summed E-state index contributed by atoms with van der Waals surface area (Å²) in [7, 11) is 3.77. The Morgan fingerprint density at radius 1 is 1.15 bits per heavy atom. The highest BCUT2D eigenvalue weighted by Gasteiger charge is 2.27. The van der Waals surface area contributed by atoms with Crippen LogP contribution in [0.5, 0.6) is 0 Å². The molecule has 0 spiro atoms. The van der Waals surface area contributed by atoms with Crippen LogP contribution in [0.25, 0.3) is 27.2 Å². The first kappa shape index (κ1) is 21.3. The standard InChI is InChI=1S/C24H22F2N6OS/c1-31(2)24-30-23-21(34-24)20(17-6-3-15(25)10-18(17)26)28-22(29-23)13-7-8-33-19(9-13)14-11-27-32(12-14)16-4-5-16/h3,6,9-12,16,19H,4-5,7-8H2,1-2H3/t19-/m1/s1. The summed E-state index contributed by atoms with van der Waals surface area (Å²) in [6.07, 6.45) is 8.57. The number of halogens is 2. The van der Waals surface area contributed by atoms with E-state index in [4.69, 9.17) is 14.7 Å². The number of benzene rings is 1. The molecule has 4 aromatic rings. The van der Waals surface area contributed by atoms with E-state index >= 15 is 0 Å². The van der Waals surface area contributed by atoms with Gasteiger partial charge >= 0.3 is 0 Å². The lowest BCUT2D eigenvalue weighted by Gasteiger charge is -2.21. The van der Waals surface area contributed by atoms with E-state index in [0.29, 0.717) is 40.9 Å². The lowest BCUT2D eigenvalue weighted by molar-refractivity contribution is 0.0825. The van der Waals surface area contributed by atoms with E-state index in [0.717, 1.165) is 35.2 Å². The largest absolute Gasteiger partial charge is 0.369 e. The van der Waals surface area contributed by atoms with Crippen molar-refractivity contribution in [2.75, 3.05) is 25.6 Å². The SMILES string of the molecule is CN(C)c1nc2nc(C3=C[C@H](c4cnn(C5CC5)c4)OCC3)nc(-c3ccc(F)cc3F)c2s1.